The predicted octanol–water partition coefficient (Wildman–Crippen LogP) is 5.77. The Morgan fingerprint density at radius 3 is 2.25 bits per heavy atom. The fraction of sp³-hybridized carbons (Fsp3) is 0.379. The number of amides is 1. The number of hydrogen-bond donors (Lipinski definition) is 1. The highest BCUT2D eigenvalue weighted by atomic mass is 35.5. The van der Waals surface area contributed by atoms with E-state index in [-0.39, 0.29) is 18.8 Å². The highest BCUT2D eigenvalue weighted by Gasteiger charge is 2.28. The Balaban J connectivity index is 0.00000387. The van der Waals surface area contributed by atoms with E-state index in [2.05, 4.69) is 25.0 Å². The predicted molar refractivity (Wildman–Crippen MR) is 152 cm³/mol. The summed E-state index contributed by atoms with van der Waals surface area (Å²) in [6, 6.07) is 10.6. The molecular formula is C29H32Cl2F3N5O. The average molecular weight is 595 g/mol. The van der Waals surface area contributed by atoms with Gasteiger partial charge in [0.15, 0.2) is 11.6 Å². The molecule has 2 saturated heterocycles. The van der Waals surface area contributed by atoms with Crippen LogP contribution in [0.4, 0.5) is 19.0 Å². The third-order valence-corrected chi connectivity index (χ3v) is 8.18. The second-order valence-electron chi connectivity index (χ2n) is 10.2. The van der Waals surface area contributed by atoms with E-state index in [1.54, 1.807) is 12.1 Å². The van der Waals surface area contributed by atoms with Crippen LogP contribution in [0.2, 0.25) is 10.0 Å². The number of rotatable bonds is 7. The van der Waals surface area contributed by atoms with Gasteiger partial charge in [0.25, 0.3) is 5.91 Å². The molecule has 0 radical (unpaired) electrons. The second-order valence-corrected chi connectivity index (χ2v) is 11.1. The Hall–Kier alpha value is -2.85. The van der Waals surface area contributed by atoms with Crippen LogP contribution in [0, 0.1) is 17.5 Å². The zero-order valence-electron chi connectivity index (χ0n) is 21.9. The molecule has 5 rings (SSSR count). The van der Waals surface area contributed by atoms with Crippen LogP contribution in [-0.2, 0) is 13.1 Å². The monoisotopic (exact) mass is 593 g/mol. The highest BCUT2D eigenvalue weighted by Crippen LogP contribution is 2.27. The minimum atomic E-state index is -0.960. The van der Waals surface area contributed by atoms with E-state index in [0.29, 0.717) is 28.0 Å². The summed E-state index contributed by atoms with van der Waals surface area (Å²) in [6.45, 7) is 6.03. The molecule has 1 N–H and O–H groups in total. The first kappa shape index (κ1) is 28.7. The normalized spacial score (nSPS) is 17.3. The lowest BCUT2D eigenvalue weighted by molar-refractivity contribution is 0.0950. The lowest BCUT2D eigenvalue weighted by atomic mass is 10.0. The van der Waals surface area contributed by atoms with Gasteiger partial charge < -0.3 is 10.2 Å². The van der Waals surface area contributed by atoms with E-state index in [1.165, 1.54) is 18.3 Å². The summed E-state index contributed by atoms with van der Waals surface area (Å²) < 4.78 is 40.3. The van der Waals surface area contributed by atoms with E-state index < -0.39 is 17.5 Å². The Labute approximate surface area is 243 Å². The quantitative estimate of drug-likeness (QED) is 0.377. The fourth-order valence-electron chi connectivity index (χ4n) is 5.36. The fourth-order valence-corrected chi connectivity index (χ4v) is 5.76. The average Bonchev–Trinajstić information content (AvgIpc) is 2.96. The van der Waals surface area contributed by atoms with Crippen molar-refractivity contribution in [1.29, 1.82) is 0 Å². The first-order valence-electron chi connectivity index (χ1n) is 13.3. The minimum Gasteiger partial charge on any atom is -0.353 e. The number of likely N-dealkylation sites (tertiary alicyclic amines) is 1. The number of hydrogen-bond acceptors (Lipinski definition) is 5. The van der Waals surface area contributed by atoms with Gasteiger partial charge in [-0.1, -0.05) is 35.3 Å². The van der Waals surface area contributed by atoms with Gasteiger partial charge in [-0.2, -0.15) is 0 Å². The maximum atomic E-state index is 13.8. The van der Waals surface area contributed by atoms with Crippen LogP contribution in [0.5, 0.6) is 0 Å². The van der Waals surface area contributed by atoms with Gasteiger partial charge in [0.1, 0.15) is 11.6 Å². The maximum Gasteiger partial charge on any atom is 0.253 e. The largest absolute Gasteiger partial charge is 0.353 e. The molecule has 0 spiro atoms. The molecule has 2 fully saturated rings. The SMILES string of the molecule is O=C(NCc1ccc(F)c(F)c1)c1cnc(N2CCN(C3CCN(Cc4ccc(Cl)c(F)c4)CC3)CC2)c(Cl)c1.[HH]. The van der Waals surface area contributed by atoms with Crippen LogP contribution in [0.1, 0.15) is 35.8 Å². The molecule has 2 aliphatic heterocycles. The first-order valence-corrected chi connectivity index (χ1v) is 14.1. The lowest BCUT2D eigenvalue weighted by Gasteiger charge is -2.43. The van der Waals surface area contributed by atoms with Gasteiger partial charge in [0.2, 0.25) is 0 Å². The van der Waals surface area contributed by atoms with Gasteiger partial charge in [-0.05, 0) is 67.4 Å². The van der Waals surface area contributed by atoms with E-state index in [1.807, 2.05) is 6.07 Å². The van der Waals surface area contributed by atoms with Crippen molar-refractivity contribution in [2.75, 3.05) is 44.2 Å². The Morgan fingerprint density at radius 1 is 0.875 bits per heavy atom. The van der Waals surface area contributed by atoms with Crippen molar-refractivity contribution < 1.29 is 19.4 Å². The molecule has 0 aliphatic carbocycles. The number of carbonyl (C=O) groups is 1. The summed E-state index contributed by atoms with van der Waals surface area (Å²) in [5, 5.41) is 3.22. The van der Waals surface area contributed by atoms with Crippen LogP contribution in [-0.4, -0.2) is 66.0 Å². The summed E-state index contributed by atoms with van der Waals surface area (Å²) in [5.41, 5.74) is 1.68. The van der Waals surface area contributed by atoms with Crippen LogP contribution in [0.25, 0.3) is 0 Å². The van der Waals surface area contributed by atoms with Crippen molar-refractivity contribution in [2.24, 2.45) is 0 Å². The number of piperidine rings is 1. The zero-order valence-corrected chi connectivity index (χ0v) is 23.4. The topological polar surface area (TPSA) is 51.7 Å². The van der Waals surface area contributed by atoms with Crippen molar-refractivity contribution in [3.8, 4) is 0 Å². The number of benzene rings is 2. The van der Waals surface area contributed by atoms with Crippen molar-refractivity contribution >= 4 is 34.9 Å². The standard InChI is InChI=1S/C29H30Cl2F3N5O.H2/c30-23-3-1-20(14-26(23)33)18-37-7-5-22(6-8-37)38-9-11-39(12-10-38)28-24(31)15-21(17-35-28)29(40)36-16-19-2-4-25(32)27(34)13-19;/h1-4,13-15,17,22H,5-12,16,18H2,(H,36,40);1H. The zero-order chi connectivity index (χ0) is 28.2. The third-order valence-electron chi connectivity index (χ3n) is 7.60. The first-order chi connectivity index (χ1) is 19.3. The minimum absolute atomic E-state index is 0. The van der Waals surface area contributed by atoms with Crippen molar-refractivity contribution in [3.63, 3.8) is 0 Å². The molecule has 0 atom stereocenters. The van der Waals surface area contributed by atoms with E-state index in [0.717, 1.165) is 76.4 Å². The van der Waals surface area contributed by atoms with E-state index >= 15 is 0 Å². The van der Waals surface area contributed by atoms with Crippen molar-refractivity contribution in [2.45, 2.75) is 32.0 Å². The molecule has 1 amide bonds. The molecular weight excluding hydrogens is 562 g/mol. The second kappa shape index (κ2) is 12.8. The molecule has 1 aromatic heterocycles. The molecule has 6 nitrogen and oxygen atoms in total. The molecule has 0 unspecified atom stereocenters. The van der Waals surface area contributed by atoms with Gasteiger partial charge in [0.05, 0.1) is 15.6 Å². The Bertz CT molecular complexity index is 1370. The molecule has 40 heavy (non-hydrogen) atoms. The van der Waals surface area contributed by atoms with Crippen LogP contribution in [0.3, 0.4) is 0 Å². The molecule has 2 aromatic carbocycles. The molecule has 2 aliphatic rings. The van der Waals surface area contributed by atoms with E-state index in [9.17, 15) is 18.0 Å². The summed E-state index contributed by atoms with van der Waals surface area (Å²) in [4.78, 5) is 24.0. The summed E-state index contributed by atoms with van der Waals surface area (Å²) in [6.07, 6.45) is 3.60. The van der Waals surface area contributed by atoms with Crippen LogP contribution < -0.4 is 10.2 Å². The number of anilines is 1. The van der Waals surface area contributed by atoms with Crippen LogP contribution >= 0.6 is 23.2 Å². The van der Waals surface area contributed by atoms with Crippen molar-refractivity contribution in [1.82, 2.24) is 20.1 Å². The molecule has 0 bridgehead atoms. The van der Waals surface area contributed by atoms with Gasteiger partial charge in [-0.25, -0.2) is 18.2 Å². The number of halogens is 5. The Kier molecular flexibility index (Phi) is 9.15. The molecule has 214 valence electrons. The Morgan fingerprint density at radius 2 is 1.57 bits per heavy atom. The summed E-state index contributed by atoms with van der Waals surface area (Å²) >= 11 is 12.3. The van der Waals surface area contributed by atoms with Gasteiger partial charge in [-0.3, -0.25) is 14.6 Å². The number of nitrogens with zero attached hydrogens (tertiary/aromatic N) is 4. The summed E-state index contributed by atoms with van der Waals surface area (Å²) in [5.74, 6) is -2.03. The third kappa shape index (κ3) is 6.89. The highest BCUT2D eigenvalue weighted by molar-refractivity contribution is 6.33. The van der Waals surface area contributed by atoms with Crippen LogP contribution in [0.15, 0.2) is 48.7 Å². The molecule has 3 heterocycles. The van der Waals surface area contributed by atoms with Crippen molar-refractivity contribution in [3.05, 3.63) is 92.8 Å². The number of carbonyl (C=O) groups excluding carboxylic acids is 1. The number of aromatic nitrogens is 1. The number of nitrogens with one attached hydrogen (secondary N) is 1. The van der Waals surface area contributed by atoms with E-state index in [4.69, 9.17) is 23.2 Å². The summed E-state index contributed by atoms with van der Waals surface area (Å²) in [7, 11) is 0. The number of piperazine rings is 1. The molecule has 11 heteroatoms. The van der Waals surface area contributed by atoms with Gasteiger partial charge >= 0.3 is 0 Å². The van der Waals surface area contributed by atoms with Gasteiger partial charge in [-0.15, -0.1) is 0 Å². The molecule has 3 aromatic rings. The maximum absolute atomic E-state index is 13.8. The lowest BCUT2D eigenvalue weighted by Crippen LogP contribution is -2.53. The molecule has 0 saturated carbocycles. The number of pyridine rings is 1. The smallest absolute Gasteiger partial charge is 0.253 e. The van der Waals surface area contributed by atoms with Gasteiger partial charge in [0, 0.05) is 52.9 Å².